The third-order valence-corrected chi connectivity index (χ3v) is 4.41. The van der Waals surface area contributed by atoms with Gasteiger partial charge in [0.1, 0.15) is 0 Å². The normalized spacial score (nSPS) is 12.7. The molecule has 0 aromatic heterocycles. The molecule has 0 aliphatic carbocycles. The van der Waals surface area contributed by atoms with E-state index in [1.807, 2.05) is 51.1 Å². The molecule has 0 fully saturated rings. The molecule has 194 valence electrons. The summed E-state index contributed by atoms with van der Waals surface area (Å²) in [6.07, 6.45) is 8.56. The number of rotatable bonds is 0. The molecule has 4 heteroatoms. The lowest BCUT2D eigenvalue weighted by Crippen LogP contribution is -2.05. The fourth-order valence-corrected chi connectivity index (χ4v) is 1.60. The minimum absolute atomic E-state index is 0.139. The summed E-state index contributed by atoms with van der Waals surface area (Å²) < 4.78 is 0. The second-order valence-electron chi connectivity index (χ2n) is 12.5. The highest BCUT2D eigenvalue weighted by molar-refractivity contribution is 5.19. The first kappa shape index (κ1) is 39.1. The quantitative estimate of drug-likeness (QED) is 0.324. The lowest BCUT2D eigenvalue weighted by molar-refractivity contribution is 0.504. The summed E-state index contributed by atoms with van der Waals surface area (Å²) in [5.41, 5.74) is 3.64. The van der Waals surface area contributed by atoms with Gasteiger partial charge < -0.3 is 0 Å². The summed E-state index contributed by atoms with van der Waals surface area (Å²) >= 11 is 0. The van der Waals surface area contributed by atoms with Crippen LogP contribution in [-0.2, 0) is 0 Å². The highest BCUT2D eigenvalue weighted by atomic mass is 14.2. The third-order valence-electron chi connectivity index (χ3n) is 4.41. The maximum atomic E-state index is 8.38. The van der Waals surface area contributed by atoms with E-state index in [2.05, 4.69) is 89.2 Å². The Morgan fingerprint density at radius 1 is 0.543 bits per heavy atom. The Hall–Kier alpha value is -3.08. The van der Waals surface area contributed by atoms with Crippen molar-refractivity contribution in [2.75, 3.05) is 0 Å². The Morgan fingerprint density at radius 2 is 0.886 bits per heavy atom. The smallest absolute Gasteiger partial charge is 0.0940 e. The molecule has 0 rings (SSSR count). The molecule has 4 nitrogen and oxygen atoms in total. The Balaban J connectivity index is -0.000000183. The van der Waals surface area contributed by atoms with E-state index in [1.165, 1.54) is 6.08 Å². The number of nitrogens with zero attached hydrogens (tertiary/aromatic N) is 4. The molecule has 0 saturated carbocycles. The molecule has 0 heterocycles. The Labute approximate surface area is 218 Å². The predicted octanol–water partition coefficient (Wildman–Crippen LogP) is 9.62. The highest BCUT2D eigenvalue weighted by Gasteiger charge is 2.11. The monoisotopic (exact) mass is 478 g/mol. The van der Waals surface area contributed by atoms with Gasteiger partial charge in [0.2, 0.25) is 0 Å². The topological polar surface area (TPSA) is 95.2 Å². The third kappa shape index (κ3) is 35.7. The molecule has 0 saturated heterocycles. The van der Waals surface area contributed by atoms with Gasteiger partial charge in [0, 0.05) is 23.8 Å². The van der Waals surface area contributed by atoms with Gasteiger partial charge in [-0.2, -0.15) is 21.0 Å². The molecule has 0 unspecified atom stereocenters. The van der Waals surface area contributed by atoms with E-state index in [0.29, 0.717) is 0 Å². The summed E-state index contributed by atoms with van der Waals surface area (Å²) in [5, 5.41) is 33.0. The standard InChI is InChI=1S/3C8H13N.C7H11N/c1-7(6-9)5-8(2,3)4;2*1-7(5-6-9)8(2,3)4;1-7(2,3)5-4-6-8/h3*5H,1-4H3;4-5H,1-3H3/b2*7-5+;7-5-;5-4+. The van der Waals surface area contributed by atoms with Crippen molar-refractivity contribution in [1.29, 1.82) is 21.0 Å². The van der Waals surface area contributed by atoms with Crippen molar-refractivity contribution < 1.29 is 0 Å². The molecule has 0 N–H and O–H groups in total. The van der Waals surface area contributed by atoms with E-state index < -0.39 is 0 Å². The van der Waals surface area contributed by atoms with Crippen molar-refractivity contribution in [3.05, 3.63) is 47.1 Å². The molecule has 0 spiro atoms. The summed E-state index contributed by atoms with van der Waals surface area (Å²) in [6, 6.07) is 8.05. The predicted molar refractivity (Wildman–Crippen MR) is 151 cm³/mol. The highest BCUT2D eigenvalue weighted by Crippen LogP contribution is 2.24. The number of hydrogen-bond donors (Lipinski definition) is 0. The lowest BCUT2D eigenvalue weighted by atomic mass is 9.88. The van der Waals surface area contributed by atoms with E-state index in [9.17, 15) is 0 Å². The van der Waals surface area contributed by atoms with Gasteiger partial charge in [-0.1, -0.05) is 106 Å². The van der Waals surface area contributed by atoms with Gasteiger partial charge in [-0.25, -0.2) is 0 Å². The molecule has 0 bridgehead atoms. The van der Waals surface area contributed by atoms with E-state index in [1.54, 1.807) is 12.2 Å². The molecule has 0 aromatic carbocycles. The van der Waals surface area contributed by atoms with E-state index in [-0.39, 0.29) is 21.7 Å². The number of allylic oxidation sites excluding steroid dienone is 8. The van der Waals surface area contributed by atoms with E-state index >= 15 is 0 Å². The van der Waals surface area contributed by atoms with E-state index in [4.69, 9.17) is 21.0 Å². The van der Waals surface area contributed by atoms with Crippen LogP contribution in [0.25, 0.3) is 0 Å². The van der Waals surface area contributed by atoms with Crippen LogP contribution in [0.15, 0.2) is 47.1 Å². The number of hydrogen-bond acceptors (Lipinski definition) is 4. The first-order valence-corrected chi connectivity index (χ1v) is 11.8. The average molecular weight is 479 g/mol. The Morgan fingerprint density at radius 3 is 0.971 bits per heavy atom. The number of nitriles is 4. The lowest BCUT2D eigenvalue weighted by Gasteiger charge is -2.17. The maximum absolute atomic E-state index is 8.38. The van der Waals surface area contributed by atoms with Crippen molar-refractivity contribution >= 4 is 0 Å². The van der Waals surface area contributed by atoms with Crippen molar-refractivity contribution in [3.63, 3.8) is 0 Å². The largest absolute Gasteiger partial charge is 0.193 e. The SMILES string of the molecule is C/C(=C/C#N)C(C)(C)C.C/C(=C\C#N)C(C)(C)C.C/C(C#N)=C\C(C)(C)C.CC(C)(C)/C=C/C#N. The molecule has 0 aliphatic rings. The molecule has 35 heavy (non-hydrogen) atoms. The molecular weight excluding hydrogens is 428 g/mol. The van der Waals surface area contributed by atoms with Crippen LogP contribution in [0.2, 0.25) is 0 Å². The Kier molecular flexibility index (Phi) is 20.4. The van der Waals surface area contributed by atoms with Gasteiger partial charge in [0.15, 0.2) is 0 Å². The van der Waals surface area contributed by atoms with Crippen molar-refractivity contribution in [1.82, 2.24) is 0 Å². The minimum atomic E-state index is 0.139. The van der Waals surface area contributed by atoms with Crippen LogP contribution >= 0.6 is 0 Å². The van der Waals surface area contributed by atoms with Crippen LogP contribution in [0.4, 0.5) is 0 Å². The van der Waals surface area contributed by atoms with Gasteiger partial charge >= 0.3 is 0 Å². The van der Waals surface area contributed by atoms with Crippen molar-refractivity contribution in [2.24, 2.45) is 21.7 Å². The second-order valence-corrected chi connectivity index (χ2v) is 12.5. The first-order chi connectivity index (χ1) is 15.5. The molecule has 0 aliphatic heterocycles. The van der Waals surface area contributed by atoms with Crippen LogP contribution in [0.1, 0.15) is 104 Å². The zero-order valence-electron chi connectivity index (χ0n) is 25.2. The van der Waals surface area contributed by atoms with Crippen molar-refractivity contribution in [2.45, 2.75) is 104 Å². The van der Waals surface area contributed by atoms with Gasteiger partial charge in [0.05, 0.1) is 24.3 Å². The fourth-order valence-electron chi connectivity index (χ4n) is 1.60. The van der Waals surface area contributed by atoms with Crippen LogP contribution < -0.4 is 0 Å². The van der Waals surface area contributed by atoms with Crippen LogP contribution in [0, 0.1) is 67.0 Å². The first-order valence-electron chi connectivity index (χ1n) is 11.8. The van der Waals surface area contributed by atoms with Gasteiger partial charge in [-0.15, -0.1) is 0 Å². The Bertz CT molecular complexity index is 845. The molecule has 0 aromatic rings. The van der Waals surface area contributed by atoms with Gasteiger partial charge in [-0.3, -0.25) is 0 Å². The van der Waals surface area contributed by atoms with Crippen LogP contribution in [0.5, 0.6) is 0 Å². The zero-order chi connectivity index (χ0) is 29.1. The van der Waals surface area contributed by atoms with Crippen LogP contribution in [-0.4, -0.2) is 0 Å². The summed E-state index contributed by atoms with van der Waals surface area (Å²) in [4.78, 5) is 0. The molecule has 0 radical (unpaired) electrons. The summed E-state index contributed by atoms with van der Waals surface area (Å²) in [5.74, 6) is 0. The molecule has 0 atom stereocenters. The van der Waals surface area contributed by atoms with Crippen molar-refractivity contribution in [3.8, 4) is 24.3 Å². The van der Waals surface area contributed by atoms with Gasteiger partial charge in [0.25, 0.3) is 0 Å². The minimum Gasteiger partial charge on any atom is -0.193 e. The molecular formula is C31H50N4. The zero-order valence-corrected chi connectivity index (χ0v) is 25.2. The second kappa shape index (κ2) is 18.3. The maximum Gasteiger partial charge on any atom is 0.0940 e. The van der Waals surface area contributed by atoms with Crippen LogP contribution in [0.3, 0.4) is 0 Å². The summed E-state index contributed by atoms with van der Waals surface area (Å²) in [7, 11) is 0. The summed E-state index contributed by atoms with van der Waals surface area (Å²) in [6.45, 7) is 30.7. The van der Waals surface area contributed by atoms with E-state index in [0.717, 1.165) is 16.7 Å². The average Bonchev–Trinajstić information content (AvgIpc) is 2.65. The van der Waals surface area contributed by atoms with Gasteiger partial charge in [-0.05, 0) is 42.4 Å². The molecule has 0 amide bonds. The fraction of sp³-hybridized carbons (Fsp3) is 0.613.